The summed E-state index contributed by atoms with van der Waals surface area (Å²) in [6.45, 7) is 5.00. The first-order valence-electron chi connectivity index (χ1n) is 6.96. The van der Waals surface area contributed by atoms with E-state index in [4.69, 9.17) is 4.74 Å². The van der Waals surface area contributed by atoms with Crippen molar-refractivity contribution < 1.29 is 9.66 Å². The molecule has 6 heteroatoms. The molecule has 1 aliphatic rings. The molecule has 0 aromatic heterocycles. The van der Waals surface area contributed by atoms with Crippen molar-refractivity contribution in [3.8, 4) is 5.75 Å². The van der Waals surface area contributed by atoms with Crippen molar-refractivity contribution in [2.75, 3.05) is 32.1 Å². The van der Waals surface area contributed by atoms with Crippen molar-refractivity contribution in [3.05, 3.63) is 28.3 Å². The summed E-state index contributed by atoms with van der Waals surface area (Å²) in [6, 6.07) is 5.22. The van der Waals surface area contributed by atoms with Crippen LogP contribution in [-0.4, -0.2) is 42.6 Å². The maximum Gasteiger partial charge on any atom is 0.292 e. The molecule has 0 radical (unpaired) electrons. The van der Waals surface area contributed by atoms with Gasteiger partial charge in [0.05, 0.1) is 12.0 Å². The van der Waals surface area contributed by atoms with Crippen molar-refractivity contribution in [1.29, 1.82) is 0 Å². The van der Waals surface area contributed by atoms with Crippen LogP contribution in [0.15, 0.2) is 18.2 Å². The van der Waals surface area contributed by atoms with E-state index >= 15 is 0 Å². The minimum Gasteiger partial charge on any atom is -0.497 e. The Bertz CT molecular complexity index is 479. The molecule has 1 unspecified atom stereocenters. The second-order valence-electron chi connectivity index (χ2n) is 4.95. The van der Waals surface area contributed by atoms with Gasteiger partial charge >= 0.3 is 0 Å². The number of hydrogen-bond acceptors (Lipinski definition) is 5. The summed E-state index contributed by atoms with van der Waals surface area (Å²) in [5.74, 6) is 0.622. The van der Waals surface area contributed by atoms with Crippen LogP contribution in [-0.2, 0) is 0 Å². The molecule has 1 fully saturated rings. The third kappa shape index (κ3) is 3.19. The Kier molecular flexibility index (Phi) is 4.79. The number of likely N-dealkylation sites (N-methyl/N-ethyl adjacent to an activating group) is 1. The number of methoxy groups -OCH3 is 1. The molecule has 0 bridgehead atoms. The fourth-order valence-electron chi connectivity index (χ4n) is 2.71. The highest BCUT2D eigenvalue weighted by molar-refractivity contribution is 5.64. The molecule has 1 heterocycles. The molecule has 0 aliphatic carbocycles. The minimum atomic E-state index is -0.367. The SMILES string of the molecule is CCN1CCCC1CNc1cc(OC)ccc1[N+](=O)[O-]. The molecule has 1 aliphatic heterocycles. The van der Waals surface area contributed by atoms with E-state index in [1.807, 2.05) is 0 Å². The largest absolute Gasteiger partial charge is 0.497 e. The molecule has 0 saturated carbocycles. The van der Waals surface area contributed by atoms with Gasteiger partial charge in [-0.25, -0.2) is 0 Å². The Labute approximate surface area is 118 Å². The Morgan fingerprint density at radius 1 is 1.55 bits per heavy atom. The zero-order chi connectivity index (χ0) is 14.5. The van der Waals surface area contributed by atoms with Crippen LogP contribution in [0.4, 0.5) is 11.4 Å². The number of hydrogen-bond donors (Lipinski definition) is 1. The van der Waals surface area contributed by atoms with Crippen LogP contribution in [0.5, 0.6) is 5.75 Å². The second-order valence-corrected chi connectivity index (χ2v) is 4.95. The number of anilines is 1. The first-order valence-corrected chi connectivity index (χ1v) is 6.96. The zero-order valence-corrected chi connectivity index (χ0v) is 12.0. The fraction of sp³-hybridized carbons (Fsp3) is 0.571. The van der Waals surface area contributed by atoms with E-state index in [1.54, 1.807) is 19.2 Å². The van der Waals surface area contributed by atoms with Crippen LogP contribution in [0.2, 0.25) is 0 Å². The van der Waals surface area contributed by atoms with Gasteiger partial charge in [0, 0.05) is 24.7 Å². The van der Waals surface area contributed by atoms with Gasteiger partial charge < -0.3 is 10.1 Å². The lowest BCUT2D eigenvalue weighted by Crippen LogP contribution is -2.34. The molecule has 1 N–H and O–H groups in total. The van der Waals surface area contributed by atoms with E-state index in [0.29, 0.717) is 17.5 Å². The van der Waals surface area contributed by atoms with Gasteiger partial charge in [-0.3, -0.25) is 15.0 Å². The van der Waals surface area contributed by atoms with E-state index in [0.717, 1.165) is 26.1 Å². The average Bonchev–Trinajstić information content (AvgIpc) is 2.91. The van der Waals surface area contributed by atoms with Crippen molar-refractivity contribution in [3.63, 3.8) is 0 Å². The van der Waals surface area contributed by atoms with Gasteiger partial charge in [0.1, 0.15) is 11.4 Å². The van der Waals surface area contributed by atoms with E-state index in [9.17, 15) is 10.1 Å². The Morgan fingerprint density at radius 2 is 2.35 bits per heavy atom. The zero-order valence-electron chi connectivity index (χ0n) is 12.0. The first kappa shape index (κ1) is 14.6. The van der Waals surface area contributed by atoms with E-state index in [1.165, 1.54) is 12.5 Å². The van der Waals surface area contributed by atoms with E-state index in [-0.39, 0.29) is 10.6 Å². The number of ether oxygens (including phenoxy) is 1. The summed E-state index contributed by atoms with van der Waals surface area (Å²) in [7, 11) is 1.56. The second kappa shape index (κ2) is 6.56. The normalized spacial score (nSPS) is 19.0. The minimum absolute atomic E-state index is 0.0897. The summed E-state index contributed by atoms with van der Waals surface area (Å²) < 4.78 is 5.13. The Hall–Kier alpha value is -1.82. The molecule has 1 aromatic carbocycles. The number of nitro groups is 1. The van der Waals surface area contributed by atoms with Crippen LogP contribution >= 0.6 is 0 Å². The van der Waals surface area contributed by atoms with Gasteiger partial charge in [-0.1, -0.05) is 6.92 Å². The topological polar surface area (TPSA) is 67.6 Å². The lowest BCUT2D eigenvalue weighted by atomic mass is 10.2. The van der Waals surface area contributed by atoms with Gasteiger partial charge in [-0.2, -0.15) is 0 Å². The maximum absolute atomic E-state index is 11.1. The van der Waals surface area contributed by atoms with Crippen LogP contribution in [0, 0.1) is 10.1 Å². The number of nitro benzene ring substituents is 1. The number of nitrogens with one attached hydrogen (secondary N) is 1. The highest BCUT2D eigenvalue weighted by Gasteiger charge is 2.23. The predicted molar refractivity (Wildman–Crippen MR) is 78.4 cm³/mol. The van der Waals surface area contributed by atoms with Gasteiger partial charge in [0.2, 0.25) is 0 Å². The van der Waals surface area contributed by atoms with E-state index < -0.39 is 0 Å². The maximum atomic E-state index is 11.1. The highest BCUT2D eigenvalue weighted by Crippen LogP contribution is 2.29. The molecule has 110 valence electrons. The van der Waals surface area contributed by atoms with Crippen molar-refractivity contribution in [1.82, 2.24) is 4.90 Å². The summed E-state index contributed by atoms with van der Waals surface area (Å²) >= 11 is 0. The van der Waals surface area contributed by atoms with Crippen molar-refractivity contribution in [2.24, 2.45) is 0 Å². The standard InChI is InChI=1S/C14H21N3O3/c1-3-16-8-4-5-11(16)10-15-13-9-12(20-2)6-7-14(13)17(18)19/h6-7,9,11,15H,3-5,8,10H2,1-2H3. The monoisotopic (exact) mass is 279 g/mol. The quantitative estimate of drug-likeness (QED) is 0.640. The van der Waals surface area contributed by atoms with Crippen LogP contribution in [0.1, 0.15) is 19.8 Å². The average molecular weight is 279 g/mol. The molecule has 1 atom stereocenters. The first-order chi connectivity index (χ1) is 9.65. The third-order valence-electron chi connectivity index (χ3n) is 3.83. The molecule has 1 aromatic rings. The summed E-state index contributed by atoms with van der Waals surface area (Å²) in [4.78, 5) is 13.1. The van der Waals surface area contributed by atoms with Crippen molar-refractivity contribution >= 4 is 11.4 Å². The van der Waals surface area contributed by atoms with Gasteiger partial charge in [-0.05, 0) is 32.0 Å². The van der Waals surface area contributed by atoms with Gasteiger partial charge in [0.25, 0.3) is 5.69 Å². The lowest BCUT2D eigenvalue weighted by Gasteiger charge is -2.23. The Balaban J connectivity index is 2.09. The van der Waals surface area contributed by atoms with Crippen LogP contribution in [0.25, 0.3) is 0 Å². The third-order valence-corrected chi connectivity index (χ3v) is 3.83. The van der Waals surface area contributed by atoms with E-state index in [2.05, 4.69) is 17.1 Å². The summed E-state index contributed by atoms with van der Waals surface area (Å²) in [5, 5.41) is 14.3. The molecule has 20 heavy (non-hydrogen) atoms. The number of rotatable bonds is 6. The molecule has 0 amide bonds. The Morgan fingerprint density at radius 3 is 3.00 bits per heavy atom. The van der Waals surface area contributed by atoms with Gasteiger partial charge in [0.15, 0.2) is 0 Å². The highest BCUT2D eigenvalue weighted by atomic mass is 16.6. The number of benzene rings is 1. The molecule has 6 nitrogen and oxygen atoms in total. The van der Waals surface area contributed by atoms with Crippen LogP contribution < -0.4 is 10.1 Å². The van der Waals surface area contributed by atoms with Gasteiger partial charge in [-0.15, -0.1) is 0 Å². The number of nitrogens with zero attached hydrogens (tertiary/aromatic N) is 2. The fourth-order valence-corrected chi connectivity index (χ4v) is 2.71. The lowest BCUT2D eigenvalue weighted by molar-refractivity contribution is -0.384. The predicted octanol–water partition coefficient (Wildman–Crippen LogP) is 2.50. The molecule has 0 spiro atoms. The molecular weight excluding hydrogens is 258 g/mol. The number of likely N-dealkylation sites (tertiary alicyclic amines) is 1. The molecular formula is C14H21N3O3. The van der Waals surface area contributed by atoms with Crippen LogP contribution in [0.3, 0.4) is 0 Å². The molecule has 1 saturated heterocycles. The summed E-state index contributed by atoms with van der Waals surface area (Å²) in [6.07, 6.45) is 2.33. The van der Waals surface area contributed by atoms with Crippen molar-refractivity contribution in [2.45, 2.75) is 25.8 Å². The summed E-state index contributed by atoms with van der Waals surface area (Å²) in [5.41, 5.74) is 0.615. The smallest absolute Gasteiger partial charge is 0.292 e. The molecule has 2 rings (SSSR count).